The topological polar surface area (TPSA) is 80.3 Å². The number of rotatable bonds is 5. The minimum atomic E-state index is -0.0585. The van der Waals surface area contributed by atoms with Crippen LogP contribution in [0.1, 0.15) is 29.0 Å². The number of hydrogen-bond acceptors (Lipinski definition) is 4. The van der Waals surface area contributed by atoms with Crippen LogP contribution in [0.3, 0.4) is 0 Å². The minimum Gasteiger partial charge on any atom is -0.467 e. The molecule has 1 aliphatic carbocycles. The number of hydrogen-bond donors (Lipinski definition) is 3. The maximum atomic E-state index is 11.9. The van der Waals surface area contributed by atoms with Crippen LogP contribution in [-0.2, 0) is 6.54 Å². The number of carbonyl (C=O) groups excluding carboxylic acids is 1. The summed E-state index contributed by atoms with van der Waals surface area (Å²) in [6.07, 6.45) is 3.78. The van der Waals surface area contributed by atoms with Gasteiger partial charge in [-0.25, -0.2) is 0 Å². The Labute approximate surface area is 117 Å². The molecule has 1 aromatic heterocycles. The zero-order valence-electron chi connectivity index (χ0n) is 11.1. The first-order valence-electron chi connectivity index (χ1n) is 6.69. The molecule has 0 spiro atoms. The second-order valence-corrected chi connectivity index (χ2v) is 4.98. The molecule has 0 aliphatic heterocycles. The number of amides is 1. The molecule has 1 amide bonds. The van der Waals surface area contributed by atoms with E-state index in [0.717, 1.165) is 24.3 Å². The molecular formula is C15H17N3O2. The van der Waals surface area contributed by atoms with Gasteiger partial charge in [-0.1, -0.05) is 0 Å². The van der Waals surface area contributed by atoms with Gasteiger partial charge in [-0.3, -0.25) is 4.79 Å². The number of nitrogen functional groups attached to an aromatic ring is 1. The average molecular weight is 271 g/mol. The molecule has 0 unspecified atom stereocenters. The van der Waals surface area contributed by atoms with Crippen LogP contribution in [0.2, 0.25) is 0 Å². The fourth-order valence-corrected chi connectivity index (χ4v) is 1.96. The van der Waals surface area contributed by atoms with Gasteiger partial charge < -0.3 is 20.8 Å². The highest BCUT2D eigenvalue weighted by Crippen LogP contribution is 2.23. The van der Waals surface area contributed by atoms with Crippen LogP contribution >= 0.6 is 0 Å². The van der Waals surface area contributed by atoms with Crippen LogP contribution < -0.4 is 16.4 Å². The molecule has 1 aromatic carbocycles. The van der Waals surface area contributed by atoms with Gasteiger partial charge in [0.15, 0.2) is 0 Å². The molecule has 1 fully saturated rings. The molecule has 1 heterocycles. The monoisotopic (exact) mass is 271 g/mol. The van der Waals surface area contributed by atoms with E-state index in [0.29, 0.717) is 23.8 Å². The fourth-order valence-electron chi connectivity index (χ4n) is 1.96. The van der Waals surface area contributed by atoms with E-state index < -0.39 is 0 Å². The zero-order chi connectivity index (χ0) is 13.9. The van der Waals surface area contributed by atoms with Gasteiger partial charge in [0.25, 0.3) is 5.91 Å². The van der Waals surface area contributed by atoms with Gasteiger partial charge in [-0.05, 0) is 43.2 Å². The van der Waals surface area contributed by atoms with E-state index in [1.807, 2.05) is 18.2 Å². The molecule has 4 N–H and O–H groups in total. The lowest BCUT2D eigenvalue weighted by atomic mass is 10.1. The van der Waals surface area contributed by atoms with Crippen LogP contribution in [0.4, 0.5) is 11.4 Å². The number of furan rings is 1. The quantitative estimate of drug-likeness (QED) is 0.729. The van der Waals surface area contributed by atoms with Gasteiger partial charge in [0.1, 0.15) is 5.76 Å². The van der Waals surface area contributed by atoms with Crippen molar-refractivity contribution >= 4 is 17.3 Å². The summed E-state index contributed by atoms with van der Waals surface area (Å²) in [6.45, 7) is 0.560. The summed E-state index contributed by atoms with van der Waals surface area (Å²) in [5.41, 5.74) is 7.92. The van der Waals surface area contributed by atoms with Crippen molar-refractivity contribution in [3.05, 3.63) is 47.9 Å². The second kappa shape index (κ2) is 5.28. The average Bonchev–Trinajstić information content (AvgIpc) is 3.10. The summed E-state index contributed by atoms with van der Waals surface area (Å²) < 4.78 is 5.24. The Morgan fingerprint density at radius 3 is 2.85 bits per heavy atom. The van der Waals surface area contributed by atoms with Crippen LogP contribution in [0.15, 0.2) is 41.0 Å². The van der Waals surface area contributed by atoms with Crippen LogP contribution in [0.5, 0.6) is 0 Å². The molecule has 3 rings (SSSR count). The second-order valence-electron chi connectivity index (χ2n) is 4.98. The van der Waals surface area contributed by atoms with Gasteiger partial charge in [0, 0.05) is 11.6 Å². The minimum absolute atomic E-state index is 0.0585. The predicted octanol–water partition coefficient (Wildman–Crippen LogP) is 2.37. The summed E-state index contributed by atoms with van der Waals surface area (Å²) in [5.74, 6) is 0.775. The first-order valence-corrected chi connectivity index (χ1v) is 6.69. The molecule has 1 saturated carbocycles. The third kappa shape index (κ3) is 2.93. The van der Waals surface area contributed by atoms with E-state index in [9.17, 15) is 4.79 Å². The third-order valence-corrected chi connectivity index (χ3v) is 3.26. The van der Waals surface area contributed by atoms with Crippen molar-refractivity contribution in [3.8, 4) is 0 Å². The molecule has 0 atom stereocenters. The third-order valence-electron chi connectivity index (χ3n) is 3.26. The Morgan fingerprint density at radius 2 is 2.20 bits per heavy atom. The van der Waals surface area contributed by atoms with Crippen molar-refractivity contribution in [2.24, 2.45) is 0 Å². The number of nitrogens with one attached hydrogen (secondary N) is 2. The SMILES string of the molecule is Nc1cc(C(=O)NC2CC2)ccc1NCc1ccco1. The number of benzene rings is 1. The van der Waals surface area contributed by atoms with Gasteiger partial charge in [-0.15, -0.1) is 0 Å². The Morgan fingerprint density at radius 1 is 1.35 bits per heavy atom. The van der Waals surface area contributed by atoms with Crippen molar-refractivity contribution < 1.29 is 9.21 Å². The predicted molar refractivity (Wildman–Crippen MR) is 77.4 cm³/mol. The van der Waals surface area contributed by atoms with Crippen LogP contribution in [0, 0.1) is 0 Å². The Bertz CT molecular complexity index is 604. The first-order chi connectivity index (χ1) is 9.72. The summed E-state index contributed by atoms with van der Waals surface area (Å²) in [4.78, 5) is 11.9. The van der Waals surface area contributed by atoms with Crippen molar-refractivity contribution in [1.82, 2.24) is 5.32 Å². The molecule has 20 heavy (non-hydrogen) atoms. The van der Waals surface area contributed by atoms with Crippen molar-refractivity contribution in [1.29, 1.82) is 0 Å². The maximum absolute atomic E-state index is 11.9. The Kier molecular flexibility index (Phi) is 3.33. The lowest BCUT2D eigenvalue weighted by molar-refractivity contribution is 0.0951. The van der Waals surface area contributed by atoms with E-state index in [1.165, 1.54) is 0 Å². The van der Waals surface area contributed by atoms with Crippen LogP contribution in [0.25, 0.3) is 0 Å². The molecule has 0 radical (unpaired) electrons. The normalized spacial score (nSPS) is 14.0. The summed E-state index contributed by atoms with van der Waals surface area (Å²) in [7, 11) is 0. The lowest BCUT2D eigenvalue weighted by Crippen LogP contribution is -2.25. The standard InChI is InChI=1S/C15H17N3O2/c16-13-8-10(15(19)18-11-4-5-11)3-6-14(13)17-9-12-2-1-7-20-12/h1-3,6-8,11,17H,4-5,9,16H2,(H,18,19). The molecule has 1 aliphatic rings. The van der Waals surface area contributed by atoms with E-state index in [2.05, 4.69) is 10.6 Å². The number of anilines is 2. The molecule has 0 saturated heterocycles. The highest BCUT2D eigenvalue weighted by molar-refractivity contribution is 5.96. The van der Waals surface area contributed by atoms with E-state index in [1.54, 1.807) is 18.4 Å². The van der Waals surface area contributed by atoms with Gasteiger partial charge in [0.2, 0.25) is 0 Å². The molecule has 5 heteroatoms. The van der Waals surface area contributed by atoms with Gasteiger partial charge in [0.05, 0.1) is 24.2 Å². The summed E-state index contributed by atoms with van der Waals surface area (Å²) in [5, 5.41) is 6.13. The van der Waals surface area contributed by atoms with E-state index in [4.69, 9.17) is 10.2 Å². The Balaban J connectivity index is 1.65. The highest BCUT2D eigenvalue weighted by atomic mass is 16.3. The fraction of sp³-hybridized carbons (Fsp3) is 0.267. The molecule has 104 valence electrons. The van der Waals surface area contributed by atoms with Crippen molar-refractivity contribution in [2.45, 2.75) is 25.4 Å². The smallest absolute Gasteiger partial charge is 0.251 e. The van der Waals surface area contributed by atoms with E-state index >= 15 is 0 Å². The molecule has 2 aromatic rings. The van der Waals surface area contributed by atoms with Crippen LogP contribution in [-0.4, -0.2) is 11.9 Å². The first kappa shape index (κ1) is 12.6. The summed E-state index contributed by atoms with van der Waals surface area (Å²) in [6, 6.07) is 9.37. The number of nitrogens with two attached hydrogens (primary N) is 1. The summed E-state index contributed by atoms with van der Waals surface area (Å²) >= 11 is 0. The lowest BCUT2D eigenvalue weighted by Gasteiger charge is -2.10. The van der Waals surface area contributed by atoms with Crippen molar-refractivity contribution in [3.63, 3.8) is 0 Å². The van der Waals surface area contributed by atoms with Crippen molar-refractivity contribution in [2.75, 3.05) is 11.1 Å². The van der Waals surface area contributed by atoms with Gasteiger partial charge >= 0.3 is 0 Å². The highest BCUT2D eigenvalue weighted by Gasteiger charge is 2.23. The number of carbonyl (C=O) groups is 1. The van der Waals surface area contributed by atoms with E-state index in [-0.39, 0.29) is 5.91 Å². The Hall–Kier alpha value is -2.43. The molecular weight excluding hydrogens is 254 g/mol. The van der Waals surface area contributed by atoms with Gasteiger partial charge in [-0.2, -0.15) is 0 Å². The maximum Gasteiger partial charge on any atom is 0.251 e. The zero-order valence-corrected chi connectivity index (χ0v) is 11.1. The molecule has 0 bridgehead atoms. The largest absolute Gasteiger partial charge is 0.467 e. The molecule has 5 nitrogen and oxygen atoms in total.